The molecule has 0 aromatic carbocycles. The van der Waals surface area contributed by atoms with Crippen molar-refractivity contribution in [2.24, 2.45) is 5.73 Å². The molecular weight excluding hydrogens is 578 g/mol. The second-order valence-electron chi connectivity index (χ2n) is 9.77. The number of amides is 2. The lowest BCUT2D eigenvalue weighted by molar-refractivity contribution is -0.139. The summed E-state index contributed by atoms with van der Waals surface area (Å²) in [6.45, 7) is 1.49. The summed E-state index contributed by atoms with van der Waals surface area (Å²) in [6.07, 6.45) is 19.5. The Bertz CT molecular complexity index is 982. The van der Waals surface area contributed by atoms with Gasteiger partial charge in [-0.2, -0.15) is 0 Å². The maximum Gasteiger partial charge on any atom is 0.322 e. The van der Waals surface area contributed by atoms with E-state index in [1.807, 2.05) is 18.2 Å². The van der Waals surface area contributed by atoms with Crippen molar-refractivity contribution >= 4 is 41.5 Å². The van der Waals surface area contributed by atoms with Crippen LogP contribution < -0.4 is 16.4 Å². The van der Waals surface area contributed by atoms with Crippen molar-refractivity contribution in [2.45, 2.75) is 94.6 Å². The van der Waals surface area contributed by atoms with Gasteiger partial charge in [-0.15, -0.1) is 11.8 Å². The Balaban J connectivity index is 5.38. The van der Waals surface area contributed by atoms with Crippen molar-refractivity contribution in [1.29, 1.82) is 0 Å². The number of aliphatic hydroxyl groups is 1. The van der Waals surface area contributed by atoms with Crippen LogP contribution in [0.3, 0.4) is 0 Å². The maximum atomic E-state index is 12.6. The molecule has 242 valence electrons. The normalized spacial score (nSPS) is 14.7. The molecule has 0 aromatic rings. The molecule has 0 saturated carbocycles. The fourth-order valence-electron chi connectivity index (χ4n) is 3.54. The highest BCUT2D eigenvalue weighted by molar-refractivity contribution is 8.00. The molecule has 0 radical (unpaired) electrons. The molecule has 0 bridgehead atoms. The fraction of sp³-hybridized carbons (Fsp3) is 0.567. The molecule has 12 nitrogen and oxygen atoms in total. The van der Waals surface area contributed by atoms with E-state index < -0.39 is 59.7 Å². The Morgan fingerprint density at radius 1 is 0.860 bits per heavy atom. The lowest BCUT2D eigenvalue weighted by Crippen LogP contribution is -2.50. The van der Waals surface area contributed by atoms with Gasteiger partial charge in [-0.25, -0.2) is 0 Å². The van der Waals surface area contributed by atoms with Crippen LogP contribution in [0.5, 0.6) is 0 Å². The first-order valence-corrected chi connectivity index (χ1v) is 15.5. The summed E-state index contributed by atoms with van der Waals surface area (Å²) in [7, 11) is 0. The lowest BCUT2D eigenvalue weighted by Gasteiger charge is -2.23. The number of rotatable bonds is 25. The number of unbranched alkanes of at least 4 members (excludes halogenated alkanes) is 3. The summed E-state index contributed by atoms with van der Waals surface area (Å²) in [6, 6.07) is -2.45. The van der Waals surface area contributed by atoms with E-state index in [-0.39, 0.29) is 37.9 Å². The van der Waals surface area contributed by atoms with E-state index >= 15 is 0 Å². The SMILES string of the molecule is CCCCCC=CC/C=C/C=C/C=C/[C@@H](SC[C@H](NC(=O)CC[C@H](N)C(=O)O)C(=O)NCC(=O)O)[C@@H](O)CCCC(=O)O. The Labute approximate surface area is 257 Å². The van der Waals surface area contributed by atoms with Crippen molar-refractivity contribution in [3.63, 3.8) is 0 Å². The average molecular weight is 626 g/mol. The van der Waals surface area contributed by atoms with Crippen molar-refractivity contribution < 1.29 is 44.4 Å². The number of aliphatic hydroxyl groups excluding tert-OH is 1. The molecule has 0 aliphatic carbocycles. The van der Waals surface area contributed by atoms with Gasteiger partial charge in [0.15, 0.2) is 0 Å². The number of aliphatic carboxylic acids is 3. The summed E-state index contributed by atoms with van der Waals surface area (Å²) in [5.74, 6) is -5.01. The number of carbonyl (C=O) groups is 5. The third-order valence-corrected chi connectivity index (χ3v) is 7.36. The van der Waals surface area contributed by atoms with Crippen LogP contribution >= 0.6 is 11.8 Å². The maximum absolute atomic E-state index is 12.6. The van der Waals surface area contributed by atoms with Crippen LogP contribution in [-0.4, -0.2) is 85.9 Å². The number of carboxylic acids is 3. The van der Waals surface area contributed by atoms with Gasteiger partial charge in [-0.3, -0.25) is 24.0 Å². The topological polar surface area (TPSA) is 216 Å². The molecule has 0 fully saturated rings. The number of hydrogen-bond acceptors (Lipinski definition) is 8. The van der Waals surface area contributed by atoms with Gasteiger partial charge in [0.1, 0.15) is 18.6 Å². The van der Waals surface area contributed by atoms with Crippen molar-refractivity contribution in [3.8, 4) is 0 Å². The Morgan fingerprint density at radius 3 is 2.23 bits per heavy atom. The second kappa shape index (κ2) is 25.1. The lowest BCUT2D eigenvalue weighted by atomic mass is 10.1. The largest absolute Gasteiger partial charge is 0.481 e. The van der Waals surface area contributed by atoms with Gasteiger partial charge in [-0.05, 0) is 38.5 Å². The van der Waals surface area contributed by atoms with E-state index in [9.17, 15) is 29.1 Å². The summed E-state index contributed by atoms with van der Waals surface area (Å²) >= 11 is 1.13. The van der Waals surface area contributed by atoms with E-state index in [1.165, 1.54) is 19.3 Å². The summed E-state index contributed by atoms with van der Waals surface area (Å²) < 4.78 is 0. The molecule has 2 amide bonds. The number of nitrogens with one attached hydrogen (secondary N) is 2. The van der Waals surface area contributed by atoms with Crippen molar-refractivity contribution in [2.75, 3.05) is 12.3 Å². The Morgan fingerprint density at radius 2 is 1.58 bits per heavy atom. The fourth-order valence-corrected chi connectivity index (χ4v) is 4.75. The van der Waals surface area contributed by atoms with Crippen LogP contribution in [-0.2, 0) is 24.0 Å². The quantitative estimate of drug-likeness (QED) is 0.0444. The molecule has 0 aliphatic heterocycles. The van der Waals surface area contributed by atoms with Gasteiger partial charge in [0.25, 0.3) is 0 Å². The van der Waals surface area contributed by atoms with Gasteiger partial charge in [0.05, 0.1) is 6.10 Å². The van der Waals surface area contributed by atoms with Gasteiger partial charge in [0.2, 0.25) is 11.8 Å². The van der Waals surface area contributed by atoms with Crippen LogP contribution in [0.4, 0.5) is 0 Å². The number of carbonyl (C=O) groups excluding carboxylic acids is 2. The minimum atomic E-state index is -1.28. The van der Waals surface area contributed by atoms with Crippen LogP contribution in [0.15, 0.2) is 48.6 Å². The zero-order valence-corrected chi connectivity index (χ0v) is 25.5. The van der Waals surface area contributed by atoms with Crippen LogP contribution in [0.1, 0.15) is 71.1 Å². The first kappa shape index (κ1) is 39.6. The zero-order chi connectivity index (χ0) is 32.5. The van der Waals surface area contributed by atoms with Crippen LogP contribution in [0.2, 0.25) is 0 Å². The van der Waals surface area contributed by atoms with Gasteiger partial charge in [-0.1, -0.05) is 68.4 Å². The highest BCUT2D eigenvalue weighted by Crippen LogP contribution is 2.22. The minimum absolute atomic E-state index is 0.0542. The van der Waals surface area contributed by atoms with Gasteiger partial charge < -0.3 is 36.8 Å². The molecule has 0 aliphatic rings. The predicted octanol–water partition coefficient (Wildman–Crippen LogP) is 2.78. The zero-order valence-electron chi connectivity index (χ0n) is 24.7. The summed E-state index contributed by atoms with van der Waals surface area (Å²) in [4.78, 5) is 57.8. The van der Waals surface area contributed by atoms with Crippen molar-refractivity contribution in [1.82, 2.24) is 10.6 Å². The second-order valence-corrected chi connectivity index (χ2v) is 11.0. The molecule has 0 unspecified atom stereocenters. The number of allylic oxidation sites excluding steroid dienone is 7. The third-order valence-electron chi connectivity index (χ3n) is 5.97. The molecule has 43 heavy (non-hydrogen) atoms. The summed E-state index contributed by atoms with van der Waals surface area (Å²) in [5, 5.41) is 41.6. The third kappa shape index (κ3) is 22.8. The first-order valence-electron chi connectivity index (χ1n) is 14.4. The molecule has 0 heterocycles. The van der Waals surface area contributed by atoms with Crippen LogP contribution in [0.25, 0.3) is 0 Å². The standard InChI is InChI=1S/C30H47N3O9S/c1-2-3-4-5-6-7-8-9-10-11-12-13-16-25(24(34)15-14-17-27(36)37)43-21-23(29(40)32-20-28(38)39)33-26(35)19-18-22(31)30(41)42/h6-7,9-13,16,22-25,34H,2-5,8,14-15,17-21,31H2,1H3,(H,32,40)(H,33,35)(H,36,37)(H,38,39)(H,41,42)/b7-6?,10-9+,12-11+,16-13+/t22-,23-,24-,25+/m0/s1. The minimum Gasteiger partial charge on any atom is -0.481 e. The Kier molecular flexibility index (Phi) is 23.1. The average Bonchev–Trinajstić information content (AvgIpc) is 2.95. The number of hydrogen-bond donors (Lipinski definition) is 7. The van der Waals surface area contributed by atoms with E-state index in [2.05, 4.69) is 29.7 Å². The molecule has 8 N–H and O–H groups in total. The number of carboxylic acid groups (broad SMARTS) is 3. The molecule has 0 rings (SSSR count). The molecule has 0 saturated heterocycles. The smallest absolute Gasteiger partial charge is 0.322 e. The molecular formula is C30H47N3O9S. The molecule has 13 heteroatoms. The number of nitrogens with two attached hydrogens (primary N) is 1. The monoisotopic (exact) mass is 625 g/mol. The predicted molar refractivity (Wildman–Crippen MR) is 166 cm³/mol. The number of thioether (sulfide) groups is 1. The Hall–Kier alpha value is -3.42. The van der Waals surface area contributed by atoms with Crippen LogP contribution in [0, 0.1) is 0 Å². The summed E-state index contributed by atoms with van der Waals surface area (Å²) in [5.41, 5.74) is 5.43. The molecule has 0 aromatic heterocycles. The van der Waals surface area contributed by atoms with Gasteiger partial charge >= 0.3 is 17.9 Å². The first-order chi connectivity index (χ1) is 20.5. The van der Waals surface area contributed by atoms with E-state index in [0.29, 0.717) is 0 Å². The van der Waals surface area contributed by atoms with E-state index in [4.69, 9.17) is 21.1 Å². The van der Waals surface area contributed by atoms with E-state index in [1.54, 1.807) is 18.2 Å². The highest BCUT2D eigenvalue weighted by Gasteiger charge is 2.25. The molecule has 0 spiro atoms. The van der Waals surface area contributed by atoms with Gasteiger partial charge in [0, 0.05) is 23.8 Å². The molecule has 4 atom stereocenters. The van der Waals surface area contributed by atoms with Crippen molar-refractivity contribution in [3.05, 3.63) is 48.6 Å². The highest BCUT2D eigenvalue weighted by atomic mass is 32.2. The van der Waals surface area contributed by atoms with E-state index in [0.717, 1.165) is 24.6 Å².